The summed E-state index contributed by atoms with van der Waals surface area (Å²) in [6, 6.07) is 0. The zero-order valence-electron chi connectivity index (χ0n) is 10.5. The molecule has 3 heterocycles. The highest BCUT2D eigenvalue weighted by Gasteiger charge is 2.24. The number of fused-ring (bicyclic) bond motifs is 1. The lowest BCUT2D eigenvalue weighted by molar-refractivity contribution is 0.198. The lowest BCUT2D eigenvalue weighted by atomic mass is 10.3. The van der Waals surface area contributed by atoms with Gasteiger partial charge in [-0.3, -0.25) is 0 Å². The van der Waals surface area contributed by atoms with Gasteiger partial charge >= 0.3 is 0 Å². The lowest BCUT2D eigenvalue weighted by Gasteiger charge is -2.17. The third-order valence-corrected chi connectivity index (χ3v) is 3.32. The minimum absolute atomic E-state index is 0.283. The predicted octanol–water partition coefficient (Wildman–Crippen LogP) is 0.608. The van der Waals surface area contributed by atoms with Crippen molar-refractivity contribution >= 4 is 17.0 Å². The molecule has 2 aromatic heterocycles. The van der Waals surface area contributed by atoms with Gasteiger partial charge in [0.2, 0.25) is 0 Å². The Kier molecular flexibility index (Phi) is 2.59. The maximum absolute atomic E-state index is 9.61. The van der Waals surface area contributed by atoms with Gasteiger partial charge in [0.15, 0.2) is 17.0 Å². The Labute approximate surface area is 105 Å². The number of hydrogen-bond donors (Lipinski definition) is 1. The van der Waals surface area contributed by atoms with Crippen LogP contribution in [0, 0.1) is 13.8 Å². The summed E-state index contributed by atoms with van der Waals surface area (Å²) in [6.07, 6.45) is 1.99. The van der Waals surface area contributed by atoms with Gasteiger partial charge in [-0.25, -0.2) is 19.9 Å². The minimum Gasteiger partial charge on any atom is -0.391 e. The van der Waals surface area contributed by atoms with E-state index in [1.807, 2.05) is 18.7 Å². The molecule has 1 fully saturated rings. The highest BCUT2D eigenvalue weighted by Crippen LogP contribution is 2.24. The second kappa shape index (κ2) is 4.13. The summed E-state index contributed by atoms with van der Waals surface area (Å²) in [5, 5.41) is 9.61. The van der Waals surface area contributed by atoms with E-state index in [0.717, 1.165) is 35.7 Å². The van der Waals surface area contributed by atoms with E-state index in [1.165, 1.54) is 6.33 Å². The summed E-state index contributed by atoms with van der Waals surface area (Å²) < 4.78 is 0. The molecular weight excluding hydrogens is 230 g/mol. The maximum Gasteiger partial charge on any atom is 0.183 e. The molecule has 1 atom stereocenters. The monoisotopic (exact) mass is 245 g/mol. The molecule has 0 saturated carbocycles. The third-order valence-electron chi connectivity index (χ3n) is 3.32. The minimum atomic E-state index is -0.283. The van der Waals surface area contributed by atoms with Crippen molar-refractivity contribution in [2.24, 2.45) is 0 Å². The molecule has 1 aliphatic heterocycles. The molecule has 0 aliphatic carbocycles. The Morgan fingerprint density at radius 3 is 2.72 bits per heavy atom. The van der Waals surface area contributed by atoms with Gasteiger partial charge in [-0.2, -0.15) is 0 Å². The van der Waals surface area contributed by atoms with Crippen LogP contribution in [0.4, 0.5) is 5.82 Å². The van der Waals surface area contributed by atoms with E-state index in [9.17, 15) is 5.11 Å². The fourth-order valence-electron chi connectivity index (χ4n) is 2.20. The van der Waals surface area contributed by atoms with Crippen LogP contribution in [0.1, 0.15) is 17.8 Å². The Morgan fingerprint density at radius 1 is 1.22 bits per heavy atom. The van der Waals surface area contributed by atoms with E-state index >= 15 is 0 Å². The topological polar surface area (TPSA) is 75.0 Å². The van der Waals surface area contributed by atoms with Gasteiger partial charge in [0.05, 0.1) is 17.5 Å². The average Bonchev–Trinajstić information content (AvgIpc) is 2.77. The highest BCUT2D eigenvalue weighted by atomic mass is 16.3. The first-order chi connectivity index (χ1) is 8.65. The standard InChI is InChI=1S/C12H15N5O/c1-7-8(2)16-11-10(15-7)12(14-6-13-11)17-4-3-9(18)5-17/h6,9,18H,3-5H2,1-2H3. The third kappa shape index (κ3) is 1.78. The Balaban J connectivity index is 2.14. The van der Waals surface area contributed by atoms with E-state index in [0.29, 0.717) is 12.2 Å². The van der Waals surface area contributed by atoms with Gasteiger partial charge in [0.1, 0.15) is 6.33 Å². The number of anilines is 1. The van der Waals surface area contributed by atoms with E-state index in [1.54, 1.807) is 0 Å². The zero-order chi connectivity index (χ0) is 12.7. The van der Waals surface area contributed by atoms with Crippen LogP contribution in [0.15, 0.2) is 6.33 Å². The van der Waals surface area contributed by atoms with Crippen molar-refractivity contribution in [3.8, 4) is 0 Å². The Morgan fingerprint density at radius 2 is 2.00 bits per heavy atom. The van der Waals surface area contributed by atoms with E-state index < -0.39 is 0 Å². The average molecular weight is 245 g/mol. The predicted molar refractivity (Wildman–Crippen MR) is 67.4 cm³/mol. The number of aromatic nitrogens is 4. The van der Waals surface area contributed by atoms with E-state index in [2.05, 4.69) is 19.9 Å². The highest BCUT2D eigenvalue weighted by molar-refractivity contribution is 5.82. The first kappa shape index (κ1) is 11.3. The fourth-order valence-corrected chi connectivity index (χ4v) is 2.20. The number of aliphatic hydroxyl groups excluding tert-OH is 1. The number of hydrogen-bond acceptors (Lipinski definition) is 6. The van der Waals surface area contributed by atoms with E-state index in [-0.39, 0.29) is 6.10 Å². The molecule has 18 heavy (non-hydrogen) atoms. The molecule has 6 heteroatoms. The maximum atomic E-state index is 9.61. The molecule has 0 spiro atoms. The van der Waals surface area contributed by atoms with Gasteiger partial charge < -0.3 is 10.0 Å². The number of aryl methyl sites for hydroxylation is 2. The van der Waals surface area contributed by atoms with Crippen LogP contribution in [0.25, 0.3) is 11.2 Å². The molecule has 0 amide bonds. The summed E-state index contributed by atoms with van der Waals surface area (Å²) in [6.45, 7) is 5.24. The van der Waals surface area contributed by atoms with Crippen LogP contribution in [0.5, 0.6) is 0 Å². The van der Waals surface area contributed by atoms with Gasteiger partial charge in [0, 0.05) is 13.1 Å². The van der Waals surface area contributed by atoms with Crippen molar-refractivity contribution in [2.75, 3.05) is 18.0 Å². The van der Waals surface area contributed by atoms with Crippen molar-refractivity contribution in [1.82, 2.24) is 19.9 Å². The molecule has 3 rings (SSSR count). The summed E-state index contributed by atoms with van der Waals surface area (Å²) in [5.74, 6) is 0.771. The molecule has 1 aliphatic rings. The fraction of sp³-hybridized carbons (Fsp3) is 0.500. The van der Waals surface area contributed by atoms with Crippen LogP contribution < -0.4 is 4.90 Å². The molecule has 6 nitrogen and oxygen atoms in total. The van der Waals surface area contributed by atoms with Crippen LogP contribution in [0.2, 0.25) is 0 Å². The van der Waals surface area contributed by atoms with Crippen LogP contribution in [-0.4, -0.2) is 44.2 Å². The number of β-amino-alcohol motifs (C(OH)–C–C–N with tert-alkyl or cyclic N) is 1. The van der Waals surface area contributed by atoms with Crippen molar-refractivity contribution in [1.29, 1.82) is 0 Å². The zero-order valence-corrected chi connectivity index (χ0v) is 10.5. The summed E-state index contributed by atoms with van der Waals surface area (Å²) in [7, 11) is 0. The Hall–Kier alpha value is -1.82. The lowest BCUT2D eigenvalue weighted by Crippen LogP contribution is -2.23. The van der Waals surface area contributed by atoms with Gasteiger partial charge in [0.25, 0.3) is 0 Å². The van der Waals surface area contributed by atoms with Crippen LogP contribution in [0.3, 0.4) is 0 Å². The van der Waals surface area contributed by atoms with Crippen LogP contribution >= 0.6 is 0 Å². The van der Waals surface area contributed by atoms with Gasteiger partial charge in [-0.1, -0.05) is 0 Å². The number of rotatable bonds is 1. The second-order valence-electron chi connectivity index (χ2n) is 4.65. The van der Waals surface area contributed by atoms with Crippen LogP contribution in [-0.2, 0) is 0 Å². The molecule has 2 aromatic rings. The molecule has 0 radical (unpaired) electrons. The van der Waals surface area contributed by atoms with Crippen molar-refractivity contribution in [3.63, 3.8) is 0 Å². The molecule has 1 N–H and O–H groups in total. The number of aliphatic hydroxyl groups is 1. The smallest absolute Gasteiger partial charge is 0.183 e. The van der Waals surface area contributed by atoms with Gasteiger partial charge in [-0.05, 0) is 20.3 Å². The molecule has 0 bridgehead atoms. The summed E-state index contributed by atoms with van der Waals surface area (Å²) in [5.41, 5.74) is 3.10. The molecule has 1 saturated heterocycles. The van der Waals surface area contributed by atoms with Crippen molar-refractivity contribution in [3.05, 3.63) is 17.7 Å². The molecule has 94 valence electrons. The first-order valence-corrected chi connectivity index (χ1v) is 6.04. The van der Waals surface area contributed by atoms with Gasteiger partial charge in [-0.15, -0.1) is 0 Å². The van der Waals surface area contributed by atoms with Crippen molar-refractivity contribution in [2.45, 2.75) is 26.4 Å². The normalized spacial score (nSPS) is 19.7. The Bertz CT molecular complexity index is 600. The molecular formula is C12H15N5O. The van der Waals surface area contributed by atoms with Crippen molar-refractivity contribution < 1.29 is 5.11 Å². The summed E-state index contributed by atoms with van der Waals surface area (Å²) in [4.78, 5) is 19.5. The SMILES string of the molecule is Cc1nc2ncnc(N3CCC(O)C3)c2nc1C. The first-order valence-electron chi connectivity index (χ1n) is 6.04. The molecule has 0 aromatic carbocycles. The number of nitrogens with zero attached hydrogens (tertiary/aromatic N) is 5. The summed E-state index contributed by atoms with van der Waals surface area (Å²) >= 11 is 0. The quantitative estimate of drug-likeness (QED) is 0.793. The van der Waals surface area contributed by atoms with E-state index in [4.69, 9.17) is 0 Å². The second-order valence-corrected chi connectivity index (χ2v) is 4.65. The largest absolute Gasteiger partial charge is 0.391 e. The molecule has 1 unspecified atom stereocenters.